The fourth-order valence-electron chi connectivity index (χ4n) is 4.87. The van der Waals surface area contributed by atoms with Crippen molar-refractivity contribution in [3.05, 3.63) is 64.8 Å². The van der Waals surface area contributed by atoms with Gasteiger partial charge in [-0.1, -0.05) is 18.2 Å². The summed E-state index contributed by atoms with van der Waals surface area (Å²) in [5, 5.41) is 6.78. The van der Waals surface area contributed by atoms with E-state index in [1.807, 2.05) is 29.0 Å². The van der Waals surface area contributed by atoms with Crippen molar-refractivity contribution in [3.8, 4) is 11.1 Å². The number of benzene rings is 2. The zero-order chi connectivity index (χ0) is 30.4. The van der Waals surface area contributed by atoms with E-state index in [1.165, 1.54) is 11.3 Å². The number of ether oxygens (including phenoxy) is 1. The molecule has 0 saturated carbocycles. The summed E-state index contributed by atoms with van der Waals surface area (Å²) in [4.78, 5) is 30.9. The first kappa shape index (κ1) is 29.3. The molecule has 1 unspecified atom stereocenters. The summed E-state index contributed by atoms with van der Waals surface area (Å²) in [5.74, 6) is -0.850. The van der Waals surface area contributed by atoms with E-state index in [-0.39, 0.29) is 35.5 Å². The molecule has 43 heavy (non-hydrogen) atoms. The summed E-state index contributed by atoms with van der Waals surface area (Å²) in [6, 6.07) is 11.9. The monoisotopic (exact) mass is 646 g/mol. The van der Waals surface area contributed by atoms with Crippen molar-refractivity contribution in [3.63, 3.8) is 0 Å². The van der Waals surface area contributed by atoms with Gasteiger partial charge in [-0.25, -0.2) is 18.1 Å². The van der Waals surface area contributed by atoms with Crippen LogP contribution < -0.4 is 9.44 Å². The average Bonchev–Trinajstić information content (AvgIpc) is 3.67. The highest BCUT2D eigenvalue weighted by atomic mass is 32.2. The van der Waals surface area contributed by atoms with Gasteiger partial charge in [0.15, 0.2) is 15.1 Å². The van der Waals surface area contributed by atoms with Gasteiger partial charge in [0.1, 0.15) is 11.0 Å². The molecule has 2 saturated heterocycles. The van der Waals surface area contributed by atoms with Crippen LogP contribution >= 0.6 is 11.3 Å². The van der Waals surface area contributed by atoms with Gasteiger partial charge in [0.2, 0.25) is 11.8 Å². The Labute approximate surface area is 250 Å². The van der Waals surface area contributed by atoms with E-state index in [4.69, 9.17) is 9.15 Å². The number of carbonyl (C=O) groups is 2. The standard InChI is InChI=1S/C26H26N6O8S3/c1-42(35,36)22(24-29-28-21(40-24)9-8-19-23(33)31-43(37,38)30-19)25-27-18-7-6-17(14-20(18)41-25)15-2-4-16(5-3-15)26(34)32-10-12-39-13-11-32/h2-7,14,19,22,30H,8-13H2,1H3,(H,31,33)/t19-,22?/m1/s1. The number of aromatic nitrogens is 3. The predicted molar refractivity (Wildman–Crippen MR) is 155 cm³/mol. The Morgan fingerprint density at radius 3 is 2.51 bits per heavy atom. The summed E-state index contributed by atoms with van der Waals surface area (Å²) in [6.45, 7) is 2.18. The number of hydrogen-bond acceptors (Lipinski definition) is 12. The molecule has 2 aliphatic heterocycles. The molecule has 4 aromatic rings. The summed E-state index contributed by atoms with van der Waals surface area (Å²) in [6.07, 6.45) is 1.14. The maximum absolute atomic E-state index is 12.9. The Hall–Kier alpha value is -3.77. The second kappa shape index (κ2) is 11.4. The van der Waals surface area contributed by atoms with Crippen molar-refractivity contribution < 1.29 is 35.6 Å². The number of aryl methyl sites for hydroxylation is 1. The molecule has 14 nitrogen and oxygen atoms in total. The first-order valence-corrected chi connectivity index (χ1v) is 17.5. The van der Waals surface area contributed by atoms with Gasteiger partial charge in [0.25, 0.3) is 11.8 Å². The first-order valence-electron chi connectivity index (χ1n) is 13.2. The molecule has 2 aromatic carbocycles. The summed E-state index contributed by atoms with van der Waals surface area (Å²) in [7, 11) is -7.67. The Bertz CT molecular complexity index is 1920. The average molecular weight is 647 g/mol. The number of thiazole rings is 1. The largest absolute Gasteiger partial charge is 0.423 e. The van der Waals surface area contributed by atoms with E-state index in [0.29, 0.717) is 37.4 Å². The van der Waals surface area contributed by atoms with Crippen LogP contribution in [0.3, 0.4) is 0 Å². The second-order valence-corrected chi connectivity index (χ2v) is 14.8. The topological polar surface area (TPSA) is 191 Å². The third kappa shape index (κ3) is 6.30. The van der Waals surface area contributed by atoms with Crippen LogP contribution in [0.1, 0.15) is 38.8 Å². The molecular weight excluding hydrogens is 621 g/mol. The minimum atomic E-state index is -3.88. The highest BCUT2D eigenvalue weighted by Gasteiger charge is 2.36. The molecule has 2 aliphatic rings. The SMILES string of the molecule is CS(=O)(=O)C(c1nnc(CC[C@H]2NS(=O)(=O)NC2=O)o1)c1nc2ccc(-c3ccc(C(=O)N4CCOCC4)cc3)cc2s1. The zero-order valence-electron chi connectivity index (χ0n) is 22.7. The Balaban J connectivity index is 1.21. The summed E-state index contributed by atoms with van der Waals surface area (Å²) < 4.78 is 64.5. The number of morpholine rings is 1. The van der Waals surface area contributed by atoms with Crippen molar-refractivity contribution in [1.82, 2.24) is 29.5 Å². The first-order chi connectivity index (χ1) is 20.5. The molecule has 2 atom stereocenters. The third-order valence-corrected chi connectivity index (χ3v) is 10.6. The number of nitrogens with zero attached hydrogens (tertiary/aromatic N) is 4. The maximum atomic E-state index is 12.9. The van der Waals surface area contributed by atoms with Gasteiger partial charge >= 0.3 is 10.2 Å². The molecule has 2 amide bonds. The van der Waals surface area contributed by atoms with Crippen LogP contribution in [0.15, 0.2) is 46.9 Å². The molecule has 6 rings (SSSR count). The summed E-state index contributed by atoms with van der Waals surface area (Å²) >= 11 is 1.19. The number of fused-ring (bicyclic) bond motifs is 1. The second-order valence-electron chi connectivity index (χ2n) is 10.1. The lowest BCUT2D eigenvalue weighted by Gasteiger charge is -2.26. The summed E-state index contributed by atoms with van der Waals surface area (Å²) in [5.41, 5.74) is 2.94. The van der Waals surface area contributed by atoms with Crippen LogP contribution in [0, 0.1) is 0 Å². The zero-order valence-corrected chi connectivity index (χ0v) is 25.2. The molecule has 0 radical (unpaired) electrons. The Morgan fingerprint density at radius 2 is 1.84 bits per heavy atom. The quantitative estimate of drug-likeness (QED) is 0.280. The molecule has 0 aliphatic carbocycles. The van der Waals surface area contributed by atoms with Crippen LogP contribution in [-0.4, -0.2) is 87.3 Å². The lowest BCUT2D eigenvalue weighted by atomic mass is 10.0. The smallest absolute Gasteiger partial charge is 0.302 e. The highest BCUT2D eigenvalue weighted by molar-refractivity contribution is 7.91. The van der Waals surface area contributed by atoms with Crippen molar-refractivity contribution in [2.24, 2.45) is 0 Å². The third-order valence-electron chi connectivity index (χ3n) is 7.02. The van der Waals surface area contributed by atoms with E-state index in [9.17, 15) is 26.4 Å². The minimum absolute atomic E-state index is 0.0398. The van der Waals surface area contributed by atoms with Gasteiger partial charge in [0, 0.05) is 31.3 Å². The van der Waals surface area contributed by atoms with Crippen molar-refractivity contribution in [2.75, 3.05) is 32.6 Å². The molecule has 17 heteroatoms. The molecular formula is C26H26N6O8S3. The van der Waals surface area contributed by atoms with Gasteiger partial charge in [-0.3, -0.25) is 9.59 Å². The number of rotatable bonds is 8. The lowest BCUT2D eigenvalue weighted by Crippen LogP contribution is -2.40. The van der Waals surface area contributed by atoms with Crippen LogP contribution in [0.25, 0.3) is 21.3 Å². The Morgan fingerprint density at radius 1 is 1.12 bits per heavy atom. The van der Waals surface area contributed by atoms with Gasteiger partial charge in [-0.05, 0) is 41.8 Å². The number of nitrogens with one attached hydrogen (secondary N) is 2. The molecule has 4 heterocycles. The fourth-order valence-corrected chi connectivity index (χ4v) is 8.46. The number of sulfone groups is 1. The minimum Gasteiger partial charge on any atom is -0.423 e. The molecule has 2 N–H and O–H groups in total. The lowest BCUT2D eigenvalue weighted by molar-refractivity contribution is -0.120. The van der Waals surface area contributed by atoms with Crippen molar-refractivity contribution in [1.29, 1.82) is 0 Å². The molecule has 2 fully saturated rings. The van der Waals surface area contributed by atoms with E-state index in [1.54, 1.807) is 23.1 Å². The van der Waals surface area contributed by atoms with Gasteiger partial charge in [-0.15, -0.1) is 21.5 Å². The number of amides is 2. The maximum Gasteiger partial charge on any atom is 0.302 e. The van der Waals surface area contributed by atoms with Crippen LogP contribution in [0.2, 0.25) is 0 Å². The van der Waals surface area contributed by atoms with E-state index >= 15 is 0 Å². The van der Waals surface area contributed by atoms with Gasteiger partial charge in [-0.2, -0.15) is 13.1 Å². The van der Waals surface area contributed by atoms with E-state index < -0.39 is 37.2 Å². The molecule has 2 aromatic heterocycles. The van der Waals surface area contributed by atoms with Gasteiger partial charge < -0.3 is 14.1 Å². The van der Waals surface area contributed by atoms with E-state index in [0.717, 1.165) is 22.1 Å². The normalized spacial score (nSPS) is 19.4. The highest BCUT2D eigenvalue weighted by Crippen LogP contribution is 2.36. The number of hydrogen-bond donors (Lipinski definition) is 2. The number of carbonyl (C=O) groups excluding carboxylic acids is 2. The van der Waals surface area contributed by atoms with Gasteiger partial charge in [0.05, 0.1) is 23.4 Å². The molecule has 0 spiro atoms. The molecule has 0 bridgehead atoms. The van der Waals surface area contributed by atoms with Crippen molar-refractivity contribution in [2.45, 2.75) is 24.1 Å². The fraction of sp³-hybridized carbons (Fsp3) is 0.346. The molecule has 226 valence electrons. The van der Waals surface area contributed by atoms with Crippen LogP contribution in [0.4, 0.5) is 0 Å². The van der Waals surface area contributed by atoms with Crippen LogP contribution in [-0.2, 0) is 36.0 Å². The van der Waals surface area contributed by atoms with Crippen LogP contribution in [0.5, 0.6) is 0 Å². The van der Waals surface area contributed by atoms with E-state index in [2.05, 4.69) is 19.9 Å². The van der Waals surface area contributed by atoms with Crippen molar-refractivity contribution >= 4 is 53.4 Å². The predicted octanol–water partition coefficient (Wildman–Crippen LogP) is 1.22. The Kier molecular flexibility index (Phi) is 7.76.